The third-order valence-electron chi connectivity index (χ3n) is 5.05. The molecule has 1 aliphatic carbocycles. The summed E-state index contributed by atoms with van der Waals surface area (Å²) in [6.45, 7) is 1.65. The van der Waals surface area contributed by atoms with Crippen molar-refractivity contribution >= 4 is 35.9 Å². The van der Waals surface area contributed by atoms with Gasteiger partial charge in [0.15, 0.2) is 0 Å². The highest BCUT2D eigenvalue weighted by atomic mass is 35.5. The zero-order chi connectivity index (χ0) is 19.2. The van der Waals surface area contributed by atoms with Crippen LogP contribution in [0.1, 0.15) is 42.5 Å². The first kappa shape index (κ1) is 22.2. The van der Waals surface area contributed by atoms with Gasteiger partial charge in [-0.2, -0.15) is 0 Å². The molecule has 0 bridgehead atoms. The molecular weight excluding hydrogens is 382 g/mol. The highest BCUT2D eigenvalue weighted by Crippen LogP contribution is 2.27. The molecule has 7 nitrogen and oxygen atoms in total. The van der Waals surface area contributed by atoms with E-state index >= 15 is 0 Å². The van der Waals surface area contributed by atoms with Crippen LogP contribution in [0.5, 0.6) is 0 Å². The predicted octanol–water partition coefficient (Wildman–Crippen LogP) is 2.21. The summed E-state index contributed by atoms with van der Waals surface area (Å²) in [5, 5.41) is 5.96. The number of esters is 1. The van der Waals surface area contributed by atoms with Crippen LogP contribution >= 0.6 is 12.4 Å². The smallest absolute Gasteiger partial charge is 0.328 e. The summed E-state index contributed by atoms with van der Waals surface area (Å²) in [5.74, 6) is -0.0148. The van der Waals surface area contributed by atoms with Crippen LogP contribution in [0, 0.1) is 5.92 Å². The van der Waals surface area contributed by atoms with Gasteiger partial charge in [-0.3, -0.25) is 9.59 Å². The first-order valence-electron chi connectivity index (χ1n) is 9.58. The third kappa shape index (κ3) is 5.94. The lowest BCUT2D eigenvalue weighted by molar-refractivity contribution is -0.147. The van der Waals surface area contributed by atoms with Crippen LogP contribution in [0.3, 0.4) is 0 Å². The van der Waals surface area contributed by atoms with Crippen molar-refractivity contribution in [3.63, 3.8) is 0 Å². The Bertz CT molecular complexity index is 708. The number of carbonyl (C=O) groups is 3. The summed E-state index contributed by atoms with van der Waals surface area (Å²) in [6, 6.07) is 6.30. The Morgan fingerprint density at radius 2 is 1.96 bits per heavy atom. The zero-order valence-corrected chi connectivity index (χ0v) is 16.9. The second-order valence-electron chi connectivity index (χ2n) is 7.24. The number of nitrogens with one attached hydrogen (secondary N) is 2. The van der Waals surface area contributed by atoms with E-state index in [0.29, 0.717) is 30.1 Å². The van der Waals surface area contributed by atoms with Gasteiger partial charge in [-0.15, -0.1) is 12.4 Å². The van der Waals surface area contributed by atoms with Crippen molar-refractivity contribution in [2.75, 3.05) is 32.1 Å². The number of halogens is 1. The monoisotopic (exact) mass is 409 g/mol. The SMILES string of the molecule is COC(=O)C1CCCCN1C(=O)c1cccc(NC(=O)CNCC2CC2)c1.Cl. The van der Waals surface area contributed by atoms with Crippen LogP contribution in [-0.4, -0.2) is 55.5 Å². The summed E-state index contributed by atoms with van der Waals surface area (Å²) >= 11 is 0. The van der Waals surface area contributed by atoms with Gasteiger partial charge >= 0.3 is 5.97 Å². The van der Waals surface area contributed by atoms with E-state index < -0.39 is 6.04 Å². The number of hydrogen-bond donors (Lipinski definition) is 2. The normalized spacial score (nSPS) is 18.8. The van der Waals surface area contributed by atoms with Gasteiger partial charge in [0.1, 0.15) is 6.04 Å². The fraction of sp³-hybridized carbons (Fsp3) is 0.550. The highest BCUT2D eigenvalue weighted by molar-refractivity contribution is 5.99. The van der Waals surface area contributed by atoms with Crippen molar-refractivity contribution in [1.82, 2.24) is 10.2 Å². The molecule has 1 saturated carbocycles. The zero-order valence-electron chi connectivity index (χ0n) is 16.1. The summed E-state index contributed by atoms with van der Waals surface area (Å²) < 4.78 is 4.84. The molecule has 2 fully saturated rings. The third-order valence-corrected chi connectivity index (χ3v) is 5.05. The molecule has 8 heteroatoms. The van der Waals surface area contributed by atoms with Gasteiger partial charge in [-0.1, -0.05) is 6.07 Å². The standard InChI is InChI=1S/C20H27N3O4.ClH/c1-27-20(26)17-7-2-3-10-23(17)19(25)15-5-4-6-16(11-15)22-18(24)13-21-12-14-8-9-14;/h4-6,11,14,17,21H,2-3,7-10,12-13H2,1H3,(H,22,24);1H. The van der Waals surface area contributed by atoms with Crippen molar-refractivity contribution in [1.29, 1.82) is 0 Å². The predicted molar refractivity (Wildman–Crippen MR) is 109 cm³/mol. The van der Waals surface area contributed by atoms with Crippen LogP contribution in [0.25, 0.3) is 0 Å². The Morgan fingerprint density at radius 1 is 1.18 bits per heavy atom. The van der Waals surface area contributed by atoms with E-state index in [1.54, 1.807) is 29.2 Å². The maximum Gasteiger partial charge on any atom is 0.328 e. The van der Waals surface area contributed by atoms with Gasteiger partial charge in [0.25, 0.3) is 5.91 Å². The van der Waals surface area contributed by atoms with E-state index in [2.05, 4.69) is 10.6 Å². The molecule has 1 unspecified atom stereocenters. The van der Waals surface area contributed by atoms with E-state index in [9.17, 15) is 14.4 Å². The molecule has 1 aromatic rings. The molecule has 2 N–H and O–H groups in total. The fourth-order valence-corrected chi connectivity index (χ4v) is 3.37. The molecule has 0 spiro atoms. The molecule has 2 aliphatic rings. The number of carbonyl (C=O) groups excluding carboxylic acids is 3. The summed E-state index contributed by atoms with van der Waals surface area (Å²) in [7, 11) is 1.34. The van der Waals surface area contributed by atoms with Crippen molar-refractivity contribution < 1.29 is 19.1 Å². The van der Waals surface area contributed by atoms with E-state index in [4.69, 9.17) is 4.74 Å². The van der Waals surface area contributed by atoms with Crippen LogP contribution in [0.4, 0.5) is 5.69 Å². The summed E-state index contributed by atoms with van der Waals surface area (Å²) in [6.07, 6.45) is 4.85. The number of ether oxygens (including phenoxy) is 1. The van der Waals surface area contributed by atoms with E-state index in [1.165, 1.54) is 20.0 Å². The molecule has 1 aromatic carbocycles. The number of piperidine rings is 1. The lowest BCUT2D eigenvalue weighted by Crippen LogP contribution is -2.48. The number of nitrogens with zero attached hydrogens (tertiary/aromatic N) is 1. The first-order valence-corrected chi connectivity index (χ1v) is 9.58. The van der Waals surface area contributed by atoms with Crippen LogP contribution in [-0.2, 0) is 14.3 Å². The maximum absolute atomic E-state index is 12.9. The Hall–Kier alpha value is -2.12. The molecular formula is C20H28ClN3O4. The number of methoxy groups -OCH3 is 1. The molecule has 0 radical (unpaired) electrons. The Balaban J connectivity index is 0.00000280. The van der Waals surface area contributed by atoms with Gasteiger partial charge in [0.05, 0.1) is 13.7 Å². The lowest BCUT2D eigenvalue weighted by Gasteiger charge is -2.33. The minimum atomic E-state index is -0.541. The fourth-order valence-electron chi connectivity index (χ4n) is 3.37. The molecule has 1 atom stereocenters. The number of anilines is 1. The van der Waals surface area contributed by atoms with Crippen molar-refractivity contribution in [3.05, 3.63) is 29.8 Å². The summed E-state index contributed by atoms with van der Waals surface area (Å²) in [5.41, 5.74) is 1.03. The largest absolute Gasteiger partial charge is 0.467 e. The molecule has 1 heterocycles. The first-order chi connectivity index (χ1) is 13.1. The number of likely N-dealkylation sites (tertiary alicyclic amines) is 1. The molecule has 1 saturated heterocycles. The molecule has 28 heavy (non-hydrogen) atoms. The molecule has 2 amide bonds. The molecule has 154 valence electrons. The quantitative estimate of drug-likeness (QED) is 0.674. The van der Waals surface area contributed by atoms with E-state index in [-0.39, 0.29) is 36.7 Å². The minimum absolute atomic E-state index is 0. The number of rotatable bonds is 7. The Kier molecular flexibility index (Phi) is 8.26. The van der Waals surface area contributed by atoms with Gasteiger partial charge in [0, 0.05) is 17.8 Å². The van der Waals surface area contributed by atoms with Gasteiger partial charge in [0.2, 0.25) is 5.91 Å². The van der Waals surface area contributed by atoms with E-state index in [0.717, 1.165) is 19.4 Å². The Morgan fingerprint density at radius 3 is 2.68 bits per heavy atom. The van der Waals surface area contributed by atoms with Gasteiger partial charge < -0.3 is 20.3 Å². The average Bonchev–Trinajstić information content (AvgIpc) is 3.51. The highest BCUT2D eigenvalue weighted by Gasteiger charge is 2.33. The molecule has 1 aliphatic heterocycles. The van der Waals surface area contributed by atoms with Crippen molar-refractivity contribution in [3.8, 4) is 0 Å². The second-order valence-corrected chi connectivity index (χ2v) is 7.24. The number of amides is 2. The van der Waals surface area contributed by atoms with Gasteiger partial charge in [-0.25, -0.2) is 4.79 Å². The van der Waals surface area contributed by atoms with E-state index in [1.807, 2.05) is 0 Å². The van der Waals surface area contributed by atoms with Crippen molar-refractivity contribution in [2.45, 2.75) is 38.1 Å². The average molecular weight is 410 g/mol. The Labute approximate surface area is 171 Å². The number of benzene rings is 1. The maximum atomic E-state index is 12.9. The molecule has 0 aromatic heterocycles. The van der Waals surface area contributed by atoms with Crippen LogP contribution < -0.4 is 10.6 Å². The summed E-state index contributed by atoms with van der Waals surface area (Å²) in [4.78, 5) is 38.5. The molecule has 3 rings (SSSR count). The van der Waals surface area contributed by atoms with Crippen LogP contribution in [0.15, 0.2) is 24.3 Å². The second kappa shape index (κ2) is 10.4. The number of hydrogen-bond acceptors (Lipinski definition) is 5. The van der Waals surface area contributed by atoms with Crippen molar-refractivity contribution in [2.24, 2.45) is 5.92 Å². The lowest BCUT2D eigenvalue weighted by atomic mass is 10.0. The minimum Gasteiger partial charge on any atom is -0.467 e. The van der Waals surface area contributed by atoms with Crippen LogP contribution in [0.2, 0.25) is 0 Å². The topological polar surface area (TPSA) is 87.7 Å². The van der Waals surface area contributed by atoms with Gasteiger partial charge in [-0.05, 0) is 62.8 Å².